The number of ether oxygens (including phenoxy) is 2. The Kier molecular flexibility index (Phi) is 4.18. The largest absolute Gasteiger partial charge is 0.445 e. The zero-order chi connectivity index (χ0) is 13.8. The Balaban J connectivity index is 1.50. The van der Waals surface area contributed by atoms with Crippen LogP contribution in [0.25, 0.3) is 0 Å². The molecule has 5 nitrogen and oxygen atoms in total. The van der Waals surface area contributed by atoms with Crippen molar-refractivity contribution >= 4 is 6.09 Å². The Labute approximate surface area is 118 Å². The summed E-state index contributed by atoms with van der Waals surface area (Å²) in [5, 5.41) is 3.41. The van der Waals surface area contributed by atoms with Crippen LogP contribution in [0.5, 0.6) is 0 Å². The van der Waals surface area contributed by atoms with E-state index >= 15 is 0 Å². The summed E-state index contributed by atoms with van der Waals surface area (Å²) in [7, 11) is 0. The monoisotopic (exact) mass is 276 g/mol. The lowest BCUT2D eigenvalue weighted by atomic mass is 10.0. The van der Waals surface area contributed by atoms with Gasteiger partial charge in [0.1, 0.15) is 6.61 Å². The second-order valence-corrected chi connectivity index (χ2v) is 5.24. The molecule has 5 heteroatoms. The Hall–Kier alpha value is -1.59. The third-order valence-corrected chi connectivity index (χ3v) is 3.85. The van der Waals surface area contributed by atoms with Crippen molar-refractivity contribution in [1.82, 2.24) is 10.2 Å². The third kappa shape index (κ3) is 3.11. The number of nitrogens with one attached hydrogen (secondary N) is 1. The number of likely N-dealkylation sites (tertiary alicyclic amines) is 1. The first-order valence-electron chi connectivity index (χ1n) is 7.13. The molecule has 1 aromatic rings. The maximum Gasteiger partial charge on any atom is 0.410 e. The number of hydrogen-bond donors (Lipinski definition) is 1. The van der Waals surface area contributed by atoms with Crippen LogP contribution in [-0.4, -0.2) is 49.4 Å². The summed E-state index contributed by atoms with van der Waals surface area (Å²) in [6, 6.07) is 9.98. The van der Waals surface area contributed by atoms with Gasteiger partial charge in [0.25, 0.3) is 0 Å². The van der Waals surface area contributed by atoms with E-state index in [9.17, 15) is 4.79 Å². The fourth-order valence-corrected chi connectivity index (χ4v) is 2.76. The van der Waals surface area contributed by atoms with Gasteiger partial charge in [0, 0.05) is 19.6 Å². The smallest absolute Gasteiger partial charge is 0.410 e. The topological polar surface area (TPSA) is 50.8 Å². The molecule has 0 aromatic heterocycles. The van der Waals surface area contributed by atoms with Gasteiger partial charge in [-0.05, 0) is 12.0 Å². The van der Waals surface area contributed by atoms with Gasteiger partial charge >= 0.3 is 6.09 Å². The minimum atomic E-state index is -0.236. The van der Waals surface area contributed by atoms with Gasteiger partial charge in [-0.15, -0.1) is 0 Å². The van der Waals surface area contributed by atoms with E-state index in [0.29, 0.717) is 19.7 Å². The number of piperidine rings is 1. The van der Waals surface area contributed by atoms with Crippen molar-refractivity contribution in [2.24, 2.45) is 0 Å². The number of carbonyl (C=O) groups excluding carboxylic acids is 1. The summed E-state index contributed by atoms with van der Waals surface area (Å²) in [6.07, 6.45) is 0.875. The first-order chi connectivity index (χ1) is 9.83. The summed E-state index contributed by atoms with van der Waals surface area (Å²) < 4.78 is 11.1. The van der Waals surface area contributed by atoms with Crippen LogP contribution >= 0.6 is 0 Å². The number of carbonyl (C=O) groups is 1. The van der Waals surface area contributed by atoms with Crippen molar-refractivity contribution in [3.63, 3.8) is 0 Å². The highest BCUT2D eigenvalue weighted by molar-refractivity contribution is 5.67. The van der Waals surface area contributed by atoms with Crippen molar-refractivity contribution in [3.8, 4) is 0 Å². The molecule has 2 saturated heterocycles. The molecule has 1 amide bonds. The highest BCUT2D eigenvalue weighted by atomic mass is 16.6. The molecule has 108 valence electrons. The van der Waals surface area contributed by atoms with Crippen molar-refractivity contribution in [2.45, 2.75) is 25.2 Å². The highest BCUT2D eigenvalue weighted by Crippen LogP contribution is 2.18. The van der Waals surface area contributed by atoms with Gasteiger partial charge in [0.05, 0.1) is 18.8 Å². The zero-order valence-electron chi connectivity index (χ0n) is 11.5. The van der Waals surface area contributed by atoms with Crippen LogP contribution in [0.15, 0.2) is 30.3 Å². The van der Waals surface area contributed by atoms with Crippen molar-refractivity contribution in [2.75, 3.05) is 26.2 Å². The molecule has 20 heavy (non-hydrogen) atoms. The van der Waals surface area contributed by atoms with Crippen molar-refractivity contribution in [1.29, 1.82) is 0 Å². The minimum absolute atomic E-state index is 0.236. The van der Waals surface area contributed by atoms with Gasteiger partial charge in [-0.25, -0.2) is 4.79 Å². The molecule has 0 aliphatic carbocycles. The number of nitrogens with zero attached hydrogens (tertiary/aromatic N) is 1. The summed E-state index contributed by atoms with van der Waals surface area (Å²) in [4.78, 5) is 13.9. The lowest BCUT2D eigenvalue weighted by molar-refractivity contribution is -0.0417. The Morgan fingerprint density at radius 1 is 1.40 bits per heavy atom. The van der Waals surface area contributed by atoms with Gasteiger partial charge in [-0.2, -0.15) is 0 Å². The number of rotatable bonds is 2. The van der Waals surface area contributed by atoms with Crippen LogP contribution < -0.4 is 5.32 Å². The average Bonchev–Trinajstić information content (AvgIpc) is 2.53. The molecule has 0 bridgehead atoms. The van der Waals surface area contributed by atoms with Gasteiger partial charge in [0.2, 0.25) is 0 Å². The van der Waals surface area contributed by atoms with E-state index in [1.54, 1.807) is 4.90 Å². The van der Waals surface area contributed by atoms with Gasteiger partial charge < -0.3 is 19.7 Å². The predicted molar refractivity (Wildman–Crippen MR) is 74.3 cm³/mol. The lowest BCUT2D eigenvalue weighted by Gasteiger charge is -2.40. The minimum Gasteiger partial charge on any atom is -0.445 e. The van der Waals surface area contributed by atoms with Crippen molar-refractivity contribution in [3.05, 3.63) is 35.9 Å². The molecule has 0 radical (unpaired) electrons. The summed E-state index contributed by atoms with van der Waals surface area (Å²) >= 11 is 0. The molecule has 2 aliphatic rings. The van der Waals surface area contributed by atoms with Crippen LogP contribution in [0.1, 0.15) is 12.0 Å². The second kappa shape index (κ2) is 6.24. The molecule has 2 aliphatic heterocycles. The van der Waals surface area contributed by atoms with E-state index in [1.807, 2.05) is 30.3 Å². The predicted octanol–water partition coefficient (Wildman–Crippen LogP) is 1.39. The normalized spacial score (nSPS) is 25.9. The third-order valence-electron chi connectivity index (χ3n) is 3.85. The Morgan fingerprint density at radius 2 is 2.25 bits per heavy atom. The standard InChI is InChI=1S/C15H20N2O3/c18-15(20-11-12-4-2-1-3-5-12)17-8-6-14-13(10-17)16-7-9-19-14/h1-5,13-14,16H,6-11H2/t13-,14+/m1/s1. The molecule has 3 rings (SSSR count). The van der Waals surface area contributed by atoms with E-state index in [4.69, 9.17) is 9.47 Å². The highest BCUT2D eigenvalue weighted by Gasteiger charge is 2.34. The van der Waals surface area contributed by atoms with Gasteiger partial charge in [-0.3, -0.25) is 0 Å². The van der Waals surface area contributed by atoms with Crippen molar-refractivity contribution < 1.29 is 14.3 Å². The maximum atomic E-state index is 12.1. The molecule has 0 unspecified atom stereocenters. The molecule has 1 aromatic carbocycles. The van der Waals surface area contributed by atoms with Gasteiger partial charge in [0.15, 0.2) is 0 Å². The molecular weight excluding hydrogens is 256 g/mol. The Bertz CT molecular complexity index is 452. The molecule has 2 heterocycles. The van der Waals surface area contributed by atoms with E-state index in [1.165, 1.54) is 0 Å². The van der Waals surface area contributed by atoms with Crippen LogP contribution in [-0.2, 0) is 16.1 Å². The summed E-state index contributed by atoms with van der Waals surface area (Å²) in [5.74, 6) is 0. The number of hydrogen-bond acceptors (Lipinski definition) is 4. The fourth-order valence-electron chi connectivity index (χ4n) is 2.76. The van der Waals surface area contributed by atoms with Gasteiger partial charge in [-0.1, -0.05) is 30.3 Å². The van der Waals surface area contributed by atoms with Crippen LogP contribution in [0, 0.1) is 0 Å². The second-order valence-electron chi connectivity index (χ2n) is 5.24. The maximum absolute atomic E-state index is 12.1. The fraction of sp³-hybridized carbons (Fsp3) is 0.533. The molecular formula is C15H20N2O3. The molecule has 2 atom stereocenters. The quantitative estimate of drug-likeness (QED) is 0.887. The average molecular weight is 276 g/mol. The van der Waals surface area contributed by atoms with Crippen LogP contribution in [0.2, 0.25) is 0 Å². The molecule has 1 N–H and O–H groups in total. The zero-order valence-corrected chi connectivity index (χ0v) is 11.5. The van der Waals surface area contributed by atoms with Crippen LogP contribution in [0.3, 0.4) is 0 Å². The first-order valence-corrected chi connectivity index (χ1v) is 7.13. The lowest BCUT2D eigenvalue weighted by Crippen LogP contribution is -2.59. The van der Waals surface area contributed by atoms with E-state index in [2.05, 4.69) is 5.32 Å². The first kappa shape index (κ1) is 13.4. The van der Waals surface area contributed by atoms with E-state index in [0.717, 1.165) is 25.1 Å². The SMILES string of the molecule is O=C(OCc1ccccc1)N1CC[C@@H]2OCCN[C@@H]2C1. The molecule has 0 spiro atoms. The molecule has 0 saturated carbocycles. The summed E-state index contributed by atoms with van der Waals surface area (Å²) in [5.41, 5.74) is 1.01. The summed E-state index contributed by atoms with van der Waals surface area (Å²) in [6.45, 7) is 3.32. The number of amides is 1. The Morgan fingerprint density at radius 3 is 3.10 bits per heavy atom. The number of morpholine rings is 1. The number of fused-ring (bicyclic) bond motifs is 1. The number of benzene rings is 1. The van der Waals surface area contributed by atoms with Crippen LogP contribution in [0.4, 0.5) is 4.79 Å². The van der Waals surface area contributed by atoms with E-state index in [-0.39, 0.29) is 18.2 Å². The van der Waals surface area contributed by atoms with E-state index < -0.39 is 0 Å². The molecule has 2 fully saturated rings.